The predicted octanol–water partition coefficient (Wildman–Crippen LogP) is 10.3. The van der Waals surface area contributed by atoms with Crippen LogP contribution in [0.25, 0.3) is 21.8 Å². The minimum Gasteiger partial charge on any atom is -0.649 e. The van der Waals surface area contributed by atoms with E-state index in [1.54, 1.807) is 18.5 Å². The summed E-state index contributed by atoms with van der Waals surface area (Å²) in [6.45, 7) is 0. The molecule has 2 aromatic heterocycles. The summed E-state index contributed by atoms with van der Waals surface area (Å²) in [7, 11) is 0. The number of para-hydroxylation sites is 4. The average molecular weight is 717 g/mol. The maximum absolute atomic E-state index is 10.1. The van der Waals surface area contributed by atoms with E-state index >= 15 is 0 Å². The zero-order chi connectivity index (χ0) is 33.4. The van der Waals surface area contributed by atoms with E-state index in [0.29, 0.717) is 5.52 Å². The summed E-state index contributed by atoms with van der Waals surface area (Å²) in [6, 6.07) is 56.7. The third-order valence-electron chi connectivity index (χ3n) is 8.13. The molecule has 0 aliphatic carbocycles. The van der Waals surface area contributed by atoms with E-state index in [0.717, 1.165) is 56.2 Å². The average Bonchev–Trinajstić information content (AvgIpc) is 3.18. The first-order chi connectivity index (χ1) is 24.2. The fourth-order valence-corrected chi connectivity index (χ4v) is 6.18. The number of rotatable bonds is 7. The monoisotopic (exact) mass is 715 g/mol. The first-order valence-corrected chi connectivity index (χ1v) is 16.5. The van der Waals surface area contributed by atoms with E-state index in [2.05, 4.69) is 105 Å². The Hall–Kier alpha value is -5.50. The van der Waals surface area contributed by atoms with Crippen molar-refractivity contribution in [1.82, 2.24) is 9.97 Å². The molecule has 8 rings (SSSR count). The molecule has 8 aromatic rings. The third kappa shape index (κ3) is 7.25. The molecule has 8 heteroatoms. The molecule has 0 aliphatic heterocycles. The molecule has 0 bridgehead atoms. The minimum absolute atomic E-state index is 0. The Morgan fingerprint density at radius 1 is 0.440 bits per heavy atom. The maximum atomic E-state index is 10.1. The van der Waals surface area contributed by atoms with Gasteiger partial charge in [-0.1, -0.05) is 72.8 Å². The van der Waals surface area contributed by atoms with Gasteiger partial charge >= 0.3 is 16.6 Å². The summed E-state index contributed by atoms with van der Waals surface area (Å²) in [6.07, 6.45) is 3.49. The topological polar surface area (TPSA) is 61.7 Å². The van der Waals surface area contributed by atoms with Crippen LogP contribution in [-0.2, 0) is 19.5 Å². The number of fused-ring (bicyclic) bond motifs is 2. The zero-order valence-electron chi connectivity index (χ0n) is 27.4. The molecular formula is C42H32AlN4O2Zn. The second-order valence-electron chi connectivity index (χ2n) is 11.1. The fraction of sp³-hybridized carbons (Fsp3) is 0. The van der Waals surface area contributed by atoms with E-state index in [1.807, 2.05) is 78.9 Å². The number of aromatic nitrogens is 2. The second kappa shape index (κ2) is 16.3. The van der Waals surface area contributed by atoms with E-state index in [4.69, 9.17) is 3.79 Å². The van der Waals surface area contributed by atoms with Crippen LogP contribution in [0.5, 0.6) is 11.5 Å². The van der Waals surface area contributed by atoms with Gasteiger partial charge in [-0.25, -0.2) is 0 Å². The number of benzene rings is 6. The van der Waals surface area contributed by atoms with Gasteiger partial charge in [0.1, 0.15) is 22.5 Å². The van der Waals surface area contributed by atoms with Crippen molar-refractivity contribution in [2.45, 2.75) is 0 Å². The van der Waals surface area contributed by atoms with Crippen molar-refractivity contribution in [3.63, 3.8) is 0 Å². The number of hydrogen-bond donors (Lipinski definition) is 1. The van der Waals surface area contributed by atoms with Crippen LogP contribution in [0.2, 0.25) is 0 Å². The fourth-order valence-electron chi connectivity index (χ4n) is 5.94. The van der Waals surface area contributed by atoms with Crippen molar-refractivity contribution < 1.29 is 28.4 Å². The molecule has 0 fully saturated rings. The largest absolute Gasteiger partial charge is 0.649 e. The standard InChI is InChI=1S/2C21H16N2O.Al.Zn.H/c2*24-20-14-13-19(18-12-7-15-22-21(18)20)23(16-8-3-1-4-9-16)17-10-5-2-6-11-17;;;/h2*1-15,24H;;;/q;;+1;;/p-1. The van der Waals surface area contributed by atoms with Crippen LogP contribution in [0.15, 0.2) is 182 Å². The van der Waals surface area contributed by atoms with Crippen molar-refractivity contribution >= 4 is 72.6 Å². The van der Waals surface area contributed by atoms with E-state index in [9.17, 15) is 5.11 Å². The minimum atomic E-state index is 0. The molecule has 2 heterocycles. The van der Waals surface area contributed by atoms with Gasteiger partial charge in [-0.2, -0.15) is 0 Å². The van der Waals surface area contributed by atoms with E-state index in [-0.39, 0.29) is 25.2 Å². The van der Waals surface area contributed by atoms with Gasteiger partial charge in [0.15, 0.2) is 0 Å². The summed E-state index contributed by atoms with van der Waals surface area (Å²) >= 11 is 1.47. The van der Waals surface area contributed by atoms with Gasteiger partial charge in [-0.3, -0.25) is 9.97 Å². The molecule has 237 valence electrons. The quantitative estimate of drug-likeness (QED) is 0.166. The molecule has 6 aromatic carbocycles. The van der Waals surface area contributed by atoms with Crippen molar-refractivity contribution in [1.29, 1.82) is 0 Å². The number of phenols is 1. The van der Waals surface area contributed by atoms with Gasteiger partial charge in [0.05, 0.1) is 11.4 Å². The molecule has 0 saturated heterocycles. The van der Waals surface area contributed by atoms with Crippen LogP contribution in [0.1, 0.15) is 0 Å². The predicted molar refractivity (Wildman–Crippen MR) is 202 cm³/mol. The normalized spacial score (nSPS) is 10.4. The maximum Gasteiger partial charge on any atom is 0.494 e. The molecule has 0 atom stereocenters. The SMILES string of the molecule is Oc1ccc(N(c2ccccc2)c2ccccc2)c2cccnc12.[AlH][O]c1ccc(N(c2ccccc2)c2ccccc2)c2cccnc12.[Zn]. The molecule has 6 nitrogen and oxygen atoms in total. The van der Waals surface area contributed by atoms with Crippen LogP contribution in [0, 0.1) is 0 Å². The zero-order valence-corrected chi connectivity index (χ0v) is 31.8. The Morgan fingerprint density at radius 3 is 1.24 bits per heavy atom. The number of pyridine rings is 2. The third-order valence-corrected chi connectivity index (χ3v) is 8.44. The van der Waals surface area contributed by atoms with Crippen LogP contribution >= 0.6 is 0 Å². The number of aromatic hydroxyl groups is 1. The van der Waals surface area contributed by atoms with E-state index < -0.39 is 0 Å². The molecule has 0 unspecified atom stereocenters. The van der Waals surface area contributed by atoms with Crippen LogP contribution in [0.4, 0.5) is 34.1 Å². The number of phenolic OH excluding ortho intramolecular Hbond substituents is 1. The number of hydrogen-bond acceptors (Lipinski definition) is 6. The Labute approximate surface area is 312 Å². The second-order valence-corrected chi connectivity index (χ2v) is 11.4. The van der Waals surface area contributed by atoms with Crippen LogP contribution in [-0.4, -0.2) is 31.7 Å². The van der Waals surface area contributed by atoms with Crippen molar-refractivity contribution in [2.75, 3.05) is 9.80 Å². The van der Waals surface area contributed by atoms with Gasteiger partial charge in [0.25, 0.3) is 0 Å². The van der Waals surface area contributed by atoms with Crippen molar-refractivity contribution in [2.24, 2.45) is 0 Å². The Kier molecular flexibility index (Phi) is 11.2. The molecule has 50 heavy (non-hydrogen) atoms. The first kappa shape index (κ1) is 34.4. The smallest absolute Gasteiger partial charge is 0.494 e. The van der Waals surface area contributed by atoms with Gasteiger partial charge in [0, 0.05) is 65.4 Å². The van der Waals surface area contributed by atoms with Gasteiger partial charge in [0.2, 0.25) is 0 Å². The van der Waals surface area contributed by atoms with Crippen molar-refractivity contribution in [3.8, 4) is 11.5 Å². The van der Waals surface area contributed by atoms with Crippen LogP contribution in [0.3, 0.4) is 0 Å². The molecule has 0 amide bonds. The number of nitrogens with zero attached hydrogens (tertiary/aromatic N) is 4. The first-order valence-electron chi connectivity index (χ1n) is 15.9. The molecule has 1 radical (unpaired) electrons. The molecule has 0 spiro atoms. The summed E-state index contributed by atoms with van der Waals surface area (Å²) in [5.41, 5.74) is 7.84. The van der Waals surface area contributed by atoms with E-state index in [1.165, 1.54) is 16.6 Å². The molecule has 0 aliphatic rings. The Bertz CT molecular complexity index is 2220. The Balaban J connectivity index is 0.000000170. The summed E-state index contributed by atoms with van der Waals surface area (Å²) in [5, 5.41) is 12.1. The molecular weight excluding hydrogens is 685 g/mol. The van der Waals surface area contributed by atoms with Crippen LogP contribution < -0.4 is 13.6 Å². The summed E-state index contributed by atoms with van der Waals surface area (Å²) in [4.78, 5) is 13.3. The number of anilines is 6. The summed E-state index contributed by atoms with van der Waals surface area (Å²) in [5.74, 6) is 0.981. The van der Waals surface area contributed by atoms with Crippen molar-refractivity contribution in [3.05, 3.63) is 182 Å². The summed E-state index contributed by atoms with van der Waals surface area (Å²) < 4.78 is 5.52. The molecule has 0 saturated carbocycles. The van der Waals surface area contributed by atoms with Gasteiger partial charge < -0.3 is 18.7 Å². The van der Waals surface area contributed by atoms with Gasteiger partial charge in [-0.05, 0) is 97.1 Å². The Morgan fingerprint density at radius 2 is 0.820 bits per heavy atom. The van der Waals surface area contributed by atoms with Gasteiger partial charge in [-0.15, -0.1) is 0 Å². The molecule has 1 N–H and O–H groups in total.